The zero-order chi connectivity index (χ0) is 13.2. The highest BCUT2D eigenvalue weighted by Gasteiger charge is 2.50. The Balaban J connectivity index is 2.94. The average Bonchev–Trinajstić information content (AvgIpc) is 2.59. The molecule has 0 radical (unpaired) electrons. The first kappa shape index (κ1) is 14.2. The molecule has 0 bridgehead atoms. The molecular weight excluding hydrogens is 224 g/mol. The molecule has 0 aliphatic carbocycles. The third-order valence-corrected chi connectivity index (χ3v) is 2.88. The SMILES string of the molecule is C=C(C)[C@@H]1OO[C@H](CO)[C@H]1C(C)(C)OC(C)=O. The van der Waals surface area contributed by atoms with Gasteiger partial charge in [-0.2, -0.15) is 0 Å². The molecule has 1 fully saturated rings. The summed E-state index contributed by atoms with van der Waals surface area (Å²) in [6, 6.07) is 0. The fourth-order valence-electron chi connectivity index (χ4n) is 2.23. The summed E-state index contributed by atoms with van der Waals surface area (Å²) >= 11 is 0. The molecule has 98 valence electrons. The molecule has 5 heteroatoms. The third-order valence-electron chi connectivity index (χ3n) is 2.88. The summed E-state index contributed by atoms with van der Waals surface area (Å²) in [5, 5.41) is 9.26. The predicted molar refractivity (Wildman–Crippen MR) is 61.0 cm³/mol. The van der Waals surface area contributed by atoms with Gasteiger partial charge in [-0.1, -0.05) is 6.58 Å². The zero-order valence-corrected chi connectivity index (χ0v) is 10.7. The predicted octanol–water partition coefficient (Wildman–Crippen LogP) is 1.21. The van der Waals surface area contributed by atoms with Gasteiger partial charge < -0.3 is 9.84 Å². The van der Waals surface area contributed by atoms with Crippen LogP contribution in [0.25, 0.3) is 0 Å². The van der Waals surface area contributed by atoms with E-state index in [9.17, 15) is 9.90 Å². The van der Waals surface area contributed by atoms with E-state index in [4.69, 9.17) is 14.5 Å². The molecule has 1 aliphatic rings. The smallest absolute Gasteiger partial charge is 0.303 e. The molecule has 0 spiro atoms. The van der Waals surface area contributed by atoms with Crippen LogP contribution < -0.4 is 0 Å². The number of aliphatic hydroxyl groups is 1. The average molecular weight is 244 g/mol. The topological polar surface area (TPSA) is 65.0 Å². The number of hydrogen-bond acceptors (Lipinski definition) is 5. The molecule has 0 saturated carbocycles. The summed E-state index contributed by atoms with van der Waals surface area (Å²) in [6.07, 6.45) is -0.910. The summed E-state index contributed by atoms with van der Waals surface area (Å²) < 4.78 is 5.28. The number of ether oxygens (including phenoxy) is 1. The monoisotopic (exact) mass is 244 g/mol. The van der Waals surface area contributed by atoms with Crippen molar-refractivity contribution in [1.29, 1.82) is 0 Å². The molecule has 1 saturated heterocycles. The van der Waals surface area contributed by atoms with Gasteiger partial charge in [-0.05, 0) is 26.3 Å². The number of hydrogen-bond donors (Lipinski definition) is 1. The van der Waals surface area contributed by atoms with Crippen LogP contribution in [0.4, 0.5) is 0 Å². The van der Waals surface area contributed by atoms with Crippen LogP contribution in [0.1, 0.15) is 27.7 Å². The molecule has 0 aromatic heterocycles. The Morgan fingerprint density at radius 2 is 2.00 bits per heavy atom. The molecule has 1 aliphatic heterocycles. The van der Waals surface area contributed by atoms with Crippen LogP contribution in [0, 0.1) is 5.92 Å². The maximum Gasteiger partial charge on any atom is 0.303 e. The lowest BCUT2D eigenvalue weighted by molar-refractivity contribution is -0.294. The van der Waals surface area contributed by atoms with Crippen molar-refractivity contribution < 1.29 is 24.4 Å². The first-order valence-electron chi connectivity index (χ1n) is 5.57. The van der Waals surface area contributed by atoms with Gasteiger partial charge in [-0.15, -0.1) is 0 Å². The molecule has 3 atom stereocenters. The number of aliphatic hydroxyl groups excluding tert-OH is 1. The van der Waals surface area contributed by atoms with E-state index >= 15 is 0 Å². The van der Waals surface area contributed by atoms with Crippen LogP contribution in [0.5, 0.6) is 0 Å². The van der Waals surface area contributed by atoms with Gasteiger partial charge in [0.2, 0.25) is 0 Å². The second-order valence-electron chi connectivity index (χ2n) is 4.90. The van der Waals surface area contributed by atoms with E-state index in [0.717, 1.165) is 5.57 Å². The van der Waals surface area contributed by atoms with Gasteiger partial charge >= 0.3 is 5.97 Å². The largest absolute Gasteiger partial charge is 0.459 e. The van der Waals surface area contributed by atoms with E-state index in [2.05, 4.69) is 6.58 Å². The van der Waals surface area contributed by atoms with Gasteiger partial charge in [-0.3, -0.25) is 4.79 Å². The first-order chi connectivity index (χ1) is 7.79. The van der Waals surface area contributed by atoms with E-state index < -0.39 is 11.7 Å². The highest BCUT2D eigenvalue weighted by atomic mass is 17.2. The number of rotatable bonds is 4. The Morgan fingerprint density at radius 1 is 1.41 bits per heavy atom. The summed E-state index contributed by atoms with van der Waals surface area (Å²) in [7, 11) is 0. The van der Waals surface area contributed by atoms with Crippen LogP contribution in [-0.2, 0) is 19.3 Å². The minimum absolute atomic E-state index is 0.195. The molecule has 0 unspecified atom stereocenters. The molecule has 1 rings (SSSR count). The number of carbonyl (C=O) groups excluding carboxylic acids is 1. The van der Waals surface area contributed by atoms with Crippen molar-refractivity contribution in [3.8, 4) is 0 Å². The first-order valence-corrected chi connectivity index (χ1v) is 5.57. The van der Waals surface area contributed by atoms with Gasteiger partial charge in [0.05, 0.1) is 12.5 Å². The molecule has 1 heterocycles. The fourth-order valence-corrected chi connectivity index (χ4v) is 2.23. The Kier molecular flexibility index (Phi) is 4.30. The van der Waals surface area contributed by atoms with Gasteiger partial charge in [0, 0.05) is 6.92 Å². The van der Waals surface area contributed by atoms with Crippen LogP contribution in [0.3, 0.4) is 0 Å². The van der Waals surface area contributed by atoms with Gasteiger partial charge in [0.1, 0.15) is 17.8 Å². The van der Waals surface area contributed by atoms with Crippen LogP contribution in [-0.4, -0.2) is 35.5 Å². The molecular formula is C12H20O5. The highest BCUT2D eigenvalue weighted by Crippen LogP contribution is 2.38. The van der Waals surface area contributed by atoms with Crippen molar-refractivity contribution in [2.45, 2.75) is 45.5 Å². The van der Waals surface area contributed by atoms with E-state index in [0.29, 0.717) is 0 Å². The number of esters is 1. The van der Waals surface area contributed by atoms with Crippen molar-refractivity contribution in [3.05, 3.63) is 12.2 Å². The Hall–Kier alpha value is -0.910. The Labute approximate surface area is 101 Å². The maximum atomic E-state index is 11.1. The van der Waals surface area contributed by atoms with E-state index in [1.54, 1.807) is 13.8 Å². The lowest BCUT2D eigenvalue weighted by atomic mass is 9.80. The second-order valence-corrected chi connectivity index (χ2v) is 4.90. The highest BCUT2D eigenvalue weighted by molar-refractivity contribution is 5.66. The molecule has 17 heavy (non-hydrogen) atoms. The summed E-state index contributed by atoms with van der Waals surface area (Å²) in [5.74, 6) is -0.659. The van der Waals surface area contributed by atoms with Crippen molar-refractivity contribution in [2.75, 3.05) is 6.61 Å². The Bertz CT molecular complexity index is 310. The lowest BCUT2D eigenvalue weighted by Gasteiger charge is -2.34. The summed E-state index contributed by atoms with van der Waals surface area (Å²) in [6.45, 7) is 10.3. The van der Waals surface area contributed by atoms with Gasteiger partial charge in [-0.25, -0.2) is 9.78 Å². The van der Waals surface area contributed by atoms with E-state index in [1.807, 2.05) is 6.92 Å². The van der Waals surface area contributed by atoms with Crippen LogP contribution >= 0.6 is 0 Å². The van der Waals surface area contributed by atoms with Crippen LogP contribution in [0.2, 0.25) is 0 Å². The number of carbonyl (C=O) groups is 1. The van der Waals surface area contributed by atoms with Gasteiger partial charge in [0.15, 0.2) is 0 Å². The lowest BCUT2D eigenvalue weighted by Crippen LogP contribution is -2.46. The second kappa shape index (κ2) is 5.16. The Morgan fingerprint density at radius 3 is 2.41 bits per heavy atom. The third kappa shape index (κ3) is 3.06. The van der Waals surface area contributed by atoms with Crippen LogP contribution in [0.15, 0.2) is 12.2 Å². The molecule has 0 aromatic carbocycles. The van der Waals surface area contributed by atoms with Gasteiger partial charge in [0.25, 0.3) is 0 Å². The van der Waals surface area contributed by atoms with E-state index in [1.165, 1.54) is 6.92 Å². The normalized spacial score (nSPS) is 29.1. The van der Waals surface area contributed by atoms with Crippen molar-refractivity contribution in [2.24, 2.45) is 5.92 Å². The zero-order valence-electron chi connectivity index (χ0n) is 10.7. The molecule has 1 N–H and O–H groups in total. The summed E-state index contributed by atoms with van der Waals surface area (Å²) in [5.41, 5.74) is -0.0227. The van der Waals surface area contributed by atoms with Crippen molar-refractivity contribution in [3.63, 3.8) is 0 Å². The quantitative estimate of drug-likeness (QED) is 0.457. The summed E-state index contributed by atoms with van der Waals surface area (Å²) in [4.78, 5) is 21.3. The maximum absolute atomic E-state index is 11.1. The minimum atomic E-state index is -0.792. The van der Waals surface area contributed by atoms with E-state index in [-0.39, 0.29) is 24.6 Å². The van der Waals surface area contributed by atoms with Crippen molar-refractivity contribution in [1.82, 2.24) is 0 Å². The molecule has 0 aromatic rings. The molecule has 5 nitrogen and oxygen atoms in total. The standard InChI is InChI=1S/C12H20O5/c1-7(2)11-10(9(6-13)16-17-11)12(4,5)15-8(3)14/h9-11,13H,1,6H2,2-5H3/t9-,10-,11+/m1/s1. The van der Waals surface area contributed by atoms with Crippen molar-refractivity contribution >= 4 is 5.97 Å². The minimum Gasteiger partial charge on any atom is -0.459 e. The fraction of sp³-hybridized carbons (Fsp3) is 0.750. The molecule has 0 amide bonds.